The summed E-state index contributed by atoms with van der Waals surface area (Å²) in [6.45, 7) is 6.65. The van der Waals surface area contributed by atoms with Crippen molar-refractivity contribution in [2.45, 2.75) is 27.7 Å². The van der Waals surface area contributed by atoms with E-state index in [0.29, 0.717) is 33.4 Å². The second-order valence-corrected chi connectivity index (χ2v) is 8.64. The fraction of sp³-hybridized carbons (Fsp3) is 0.182. The van der Waals surface area contributed by atoms with Crippen molar-refractivity contribution in [2.24, 2.45) is 0 Å². The third-order valence-corrected chi connectivity index (χ3v) is 6.00. The van der Waals surface area contributed by atoms with Gasteiger partial charge in [0.1, 0.15) is 23.6 Å². The van der Waals surface area contributed by atoms with Crippen molar-refractivity contribution in [2.75, 3.05) is 0 Å². The molecule has 0 atom stereocenters. The first-order valence-electron chi connectivity index (χ1n) is 8.60. The van der Waals surface area contributed by atoms with Gasteiger partial charge in [0.15, 0.2) is 9.81 Å². The number of aryl methyl sites for hydroxylation is 4. The molecule has 2 aromatic carbocycles. The lowest BCUT2D eigenvalue weighted by Gasteiger charge is -2.07. The number of hydrogen-bond acceptors (Lipinski definition) is 6. The van der Waals surface area contributed by atoms with Gasteiger partial charge in [-0.05, 0) is 97.5 Å². The molecule has 2 aromatic rings. The predicted molar refractivity (Wildman–Crippen MR) is 111 cm³/mol. The molecule has 0 spiro atoms. The predicted octanol–water partition coefficient (Wildman–Crippen LogP) is 4.18. The van der Waals surface area contributed by atoms with Crippen molar-refractivity contribution in [3.63, 3.8) is 0 Å². The topological polar surface area (TPSA) is 122 Å². The van der Waals surface area contributed by atoms with E-state index in [2.05, 4.69) is 0 Å². The Morgan fingerprint density at radius 1 is 0.759 bits per heavy atom. The number of benzene rings is 2. The van der Waals surface area contributed by atoms with Crippen LogP contribution in [-0.2, 0) is 9.84 Å². The van der Waals surface area contributed by atoms with Crippen LogP contribution in [0.25, 0.3) is 12.2 Å². The Morgan fingerprint density at radius 3 is 1.28 bits per heavy atom. The van der Waals surface area contributed by atoms with Crippen molar-refractivity contribution in [3.8, 4) is 23.6 Å². The van der Waals surface area contributed by atoms with Crippen LogP contribution in [0.4, 0.5) is 0 Å². The number of phenolic OH excluding ortho intramolecular Hbond substituents is 2. The first-order chi connectivity index (χ1) is 13.5. The Kier molecular flexibility index (Phi) is 6.16. The average molecular weight is 408 g/mol. The minimum Gasteiger partial charge on any atom is -0.507 e. The van der Waals surface area contributed by atoms with Crippen LogP contribution in [0, 0.1) is 50.4 Å². The lowest BCUT2D eigenvalue weighted by molar-refractivity contribution is 0.466. The molecule has 0 aliphatic carbocycles. The van der Waals surface area contributed by atoms with Crippen LogP contribution < -0.4 is 0 Å². The Hall–Kier alpha value is -3.55. The number of phenols is 2. The summed E-state index contributed by atoms with van der Waals surface area (Å²) >= 11 is 0. The van der Waals surface area contributed by atoms with Gasteiger partial charge in [-0.25, -0.2) is 8.42 Å². The van der Waals surface area contributed by atoms with E-state index < -0.39 is 19.6 Å². The van der Waals surface area contributed by atoms with Gasteiger partial charge in [-0.15, -0.1) is 0 Å². The zero-order valence-corrected chi connectivity index (χ0v) is 17.3. The van der Waals surface area contributed by atoms with Crippen LogP contribution in [0.1, 0.15) is 33.4 Å². The van der Waals surface area contributed by atoms with Gasteiger partial charge in [0.2, 0.25) is 9.84 Å². The van der Waals surface area contributed by atoms with E-state index in [1.54, 1.807) is 64.1 Å². The van der Waals surface area contributed by atoms with E-state index in [0.717, 1.165) is 0 Å². The van der Waals surface area contributed by atoms with Crippen LogP contribution in [0.3, 0.4) is 0 Å². The third kappa shape index (κ3) is 4.48. The number of allylic oxidation sites excluding steroid dienone is 2. The molecule has 0 bridgehead atoms. The van der Waals surface area contributed by atoms with Crippen LogP contribution in [0.15, 0.2) is 34.1 Å². The molecule has 0 radical (unpaired) electrons. The molecule has 148 valence electrons. The van der Waals surface area contributed by atoms with Crippen LogP contribution in [-0.4, -0.2) is 18.6 Å². The molecule has 29 heavy (non-hydrogen) atoms. The van der Waals surface area contributed by atoms with Crippen LogP contribution in [0.2, 0.25) is 0 Å². The highest BCUT2D eigenvalue weighted by atomic mass is 32.2. The SMILES string of the molecule is Cc1cc(C=C(C#N)S(=O)(=O)C(C#N)=Cc2cc(C)c(O)c(C)c2)cc(C)c1O. The number of nitrogens with zero attached hydrogens (tertiary/aromatic N) is 2. The standard InChI is InChI=1S/C22H20N2O4S/c1-13-5-17(6-14(2)21(13)25)9-19(11-23)29(27,28)20(12-24)10-18-7-15(3)22(26)16(4)8-18/h5-10,25-26H,1-4H3. The zero-order valence-electron chi connectivity index (χ0n) is 16.5. The van der Waals surface area contributed by atoms with Crippen LogP contribution >= 0.6 is 0 Å². The summed E-state index contributed by atoms with van der Waals surface area (Å²) in [6, 6.07) is 9.52. The molecule has 2 rings (SSSR count). The summed E-state index contributed by atoms with van der Waals surface area (Å²) in [6.07, 6.45) is 2.35. The Labute approximate surface area is 170 Å². The molecule has 0 saturated carbocycles. The van der Waals surface area contributed by atoms with Gasteiger partial charge in [-0.1, -0.05) is 0 Å². The fourth-order valence-electron chi connectivity index (χ4n) is 2.91. The molecule has 0 aliphatic heterocycles. The molecular weight excluding hydrogens is 388 g/mol. The lowest BCUT2D eigenvalue weighted by atomic mass is 10.1. The molecule has 2 N–H and O–H groups in total. The number of aromatic hydroxyl groups is 2. The van der Waals surface area contributed by atoms with Gasteiger partial charge >= 0.3 is 0 Å². The van der Waals surface area contributed by atoms with Crippen molar-refractivity contribution in [3.05, 3.63) is 67.5 Å². The summed E-state index contributed by atoms with van der Waals surface area (Å²) in [7, 11) is -4.36. The molecule has 0 saturated heterocycles. The van der Waals surface area contributed by atoms with Gasteiger partial charge in [0.05, 0.1) is 0 Å². The van der Waals surface area contributed by atoms with E-state index in [1.807, 2.05) is 0 Å². The maximum atomic E-state index is 12.9. The molecule has 0 amide bonds. The third-order valence-electron chi connectivity index (χ3n) is 4.42. The molecule has 0 aliphatic rings. The first-order valence-corrected chi connectivity index (χ1v) is 10.1. The molecular formula is C22H20N2O4S. The highest BCUT2D eigenvalue weighted by Crippen LogP contribution is 2.28. The number of hydrogen-bond donors (Lipinski definition) is 2. The van der Waals surface area contributed by atoms with E-state index in [1.165, 1.54) is 12.2 Å². The Bertz CT molecular complexity index is 1100. The quantitative estimate of drug-likeness (QED) is 0.732. The summed E-state index contributed by atoms with van der Waals surface area (Å²) in [5.74, 6) is 0.193. The van der Waals surface area contributed by atoms with Gasteiger partial charge in [0.25, 0.3) is 0 Å². The lowest BCUT2D eigenvalue weighted by Crippen LogP contribution is -2.05. The largest absolute Gasteiger partial charge is 0.507 e. The molecule has 0 unspecified atom stereocenters. The van der Waals surface area contributed by atoms with Crippen LogP contribution in [0.5, 0.6) is 11.5 Å². The zero-order chi connectivity index (χ0) is 21.9. The minimum atomic E-state index is -4.36. The summed E-state index contributed by atoms with van der Waals surface area (Å²) in [5.41, 5.74) is 3.00. The second-order valence-electron chi connectivity index (χ2n) is 6.75. The number of rotatable bonds is 4. The van der Waals surface area contributed by atoms with E-state index >= 15 is 0 Å². The first kappa shape index (κ1) is 21.7. The highest BCUT2D eigenvalue weighted by molar-refractivity contribution is 7.99. The maximum absolute atomic E-state index is 12.9. The summed E-state index contributed by atoms with van der Waals surface area (Å²) < 4.78 is 25.8. The monoisotopic (exact) mass is 408 g/mol. The van der Waals surface area contributed by atoms with E-state index in [4.69, 9.17) is 0 Å². The van der Waals surface area contributed by atoms with E-state index in [-0.39, 0.29) is 11.5 Å². The Balaban J connectivity index is 2.61. The molecule has 6 nitrogen and oxygen atoms in total. The maximum Gasteiger partial charge on any atom is 0.226 e. The van der Waals surface area contributed by atoms with Crippen molar-refractivity contribution in [1.29, 1.82) is 10.5 Å². The summed E-state index contributed by atoms with van der Waals surface area (Å²) in [5, 5.41) is 38.6. The smallest absolute Gasteiger partial charge is 0.226 e. The van der Waals surface area contributed by atoms with Crippen molar-refractivity contribution in [1.82, 2.24) is 0 Å². The second kappa shape index (κ2) is 8.22. The summed E-state index contributed by atoms with van der Waals surface area (Å²) in [4.78, 5) is -1.16. The van der Waals surface area contributed by atoms with Gasteiger partial charge in [-0.3, -0.25) is 0 Å². The van der Waals surface area contributed by atoms with Gasteiger partial charge < -0.3 is 10.2 Å². The van der Waals surface area contributed by atoms with E-state index in [9.17, 15) is 29.2 Å². The molecule has 0 fully saturated rings. The molecule has 0 aromatic heterocycles. The number of sulfone groups is 1. The van der Waals surface area contributed by atoms with Gasteiger partial charge in [0, 0.05) is 0 Å². The number of nitriles is 2. The molecule has 7 heteroatoms. The highest BCUT2D eigenvalue weighted by Gasteiger charge is 2.24. The normalized spacial score (nSPS) is 12.3. The molecule has 0 heterocycles. The van der Waals surface area contributed by atoms with Gasteiger partial charge in [-0.2, -0.15) is 10.5 Å². The Morgan fingerprint density at radius 2 is 1.03 bits per heavy atom. The minimum absolute atomic E-state index is 0.0965. The fourth-order valence-corrected chi connectivity index (χ4v) is 3.97. The van der Waals surface area contributed by atoms with Crippen molar-refractivity contribution >= 4 is 22.0 Å². The van der Waals surface area contributed by atoms with Crippen molar-refractivity contribution < 1.29 is 18.6 Å². The average Bonchev–Trinajstić information content (AvgIpc) is 2.65.